The van der Waals surface area contributed by atoms with Crippen LogP contribution in [0.3, 0.4) is 0 Å². The Balaban J connectivity index is 2.59. The summed E-state index contributed by atoms with van der Waals surface area (Å²) in [6.07, 6.45) is -3.52. The van der Waals surface area contributed by atoms with E-state index in [9.17, 15) is 17.6 Å². The molecule has 0 aromatic carbocycles. The van der Waals surface area contributed by atoms with Gasteiger partial charge in [-0.2, -0.15) is 27.5 Å². The molecule has 2 rings (SSSR count). The minimum atomic E-state index is -4.94. The Hall–Kier alpha value is -2.45. The monoisotopic (exact) mass is 316 g/mol. The summed E-state index contributed by atoms with van der Waals surface area (Å²) in [6, 6.07) is 3.00. The fraction of sp³-hybridized carbons (Fsp3) is 0.308. The van der Waals surface area contributed by atoms with Crippen molar-refractivity contribution in [2.75, 3.05) is 26.1 Å². The van der Waals surface area contributed by atoms with Gasteiger partial charge in [0.1, 0.15) is 5.82 Å². The van der Waals surface area contributed by atoms with Crippen LogP contribution in [-0.4, -0.2) is 36.2 Å². The van der Waals surface area contributed by atoms with Crippen LogP contribution in [0.25, 0.3) is 11.4 Å². The average Bonchev–Trinajstić information content (AvgIpc) is 2.45. The fourth-order valence-corrected chi connectivity index (χ4v) is 1.73. The van der Waals surface area contributed by atoms with Crippen LogP contribution >= 0.6 is 0 Å². The van der Waals surface area contributed by atoms with E-state index in [0.717, 1.165) is 7.11 Å². The molecule has 0 unspecified atom stereocenters. The number of halogens is 4. The van der Waals surface area contributed by atoms with E-state index in [1.165, 1.54) is 18.3 Å². The Kier molecular flexibility index (Phi) is 4.16. The predicted molar refractivity (Wildman–Crippen MR) is 71.1 cm³/mol. The van der Waals surface area contributed by atoms with E-state index in [0.29, 0.717) is 11.4 Å². The zero-order valence-electron chi connectivity index (χ0n) is 11.9. The second-order valence-electron chi connectivity index (χ2n) is 4.52. The number of methoxy groups -OCH3 is 1. The molecule has 0 saturated carbocycles. The molecule has 0 N–H and O–H groups in total. The second-order valence-corrected chi connectivity index (χ2v) is 4.52. The molecule has 2 aromatic heterocycles. The van der Waals surface area contributed by atoms with Crippen LogP contribution in [0.5, 0.6) is 5.88 Å². The molecule has 22 heavy (non-hydrogen) atoms. The Morgan fingerprint density at radius 2 is 1.86 bits per heavy atom. The molecule has 2 aromatic rings. The fourth-order valence-electron chi connectivity index (χ4n) is 1.73. The van der Waals surface area contributed by atoms with Crippen LogP contribution in [0, 0.1) is 5.95 Å². The zero-order chi connectivity index (χ0) is 16.5. The number of anilines is 1. The lowest BCUT2D eigenvalue weighted by Crippen LogP contribution is -2.14. The molecule has 0 amide bonds. The summed E-state index contributed by atoms with van der Waals surface area (Å²) in [4.78, 5) is 12.7. The predicted octanol–water partition coefficient (Wildman–Crippen LogP) is 2.77. The largest absolute Gasteiger partial charge is 0.480 e. The molecule has 0 spiro atoms. The highest BCUT2D eigenvalue weighted by molar-refractivity contribution is 5.60. The van der Waals surface area contributed by atoms with Crippen molar-refractivity contribution in [3.63, 3.8) is 0 Å². The standard InChI is InChI=1S/C13H12F4N4O/c1-21(2)8-6-7(4-5-18-8)11-19-10(14)9(13(15,16)17)12(20-11)22-3/h4-6H,1-3H3. The Morgan fingerprint density at radius 3 is 2.41 bits per heavy atom. The molecule has 0 atom stereocenters. The summed E-state index contributed by atoms with van der Waals surface area (Å²) in [5.41, 5.74) is -1.30. The van der Waals surface area contributed by atoms with Gasteiger partial charge in [-0.3, -0.25) is 0 Å². The number of hydrogen-bond donors (Lipinski definition) is 0. The van der Waals surface area contributed by atoms with E-state index in [2.05, 4.69) is 19.7 Å². The number of alkyl halides is 3. The molecule has 9 heteroatoms. The molecule has 0 radical (unpaired) electrons. The van der Waals surface area contributed by atoms with Gasteiger partial charge in [0, 0.05) is 25.9 Å². The van der Waals surface area contributed by atoms with Crippen molar-refractivity contribution in [2.24, 2.45) is 0 Å². The first kappa shape index (κ1) is 15.9. The maximum absolute atomic E-state index is 13.8. The van der Waals surface area contributed by atoms with E-state index in [4.69, 9.17) is 0 Å². The molecule has 0 saturated heterocycles. The minimum Gasteiger partial charge on any atom is -0.480 e. The van der Waals surface area contributed by atoms with Crippen LogP contribution in [-0.2, 0) is 6.18 Å². The number of rotatable bonds is 3. The molecule has 118 valence electrons. The van der Waals surface area contributed by atoms with Gasteiger partial charge in [0.15, 0.2) is 11.4 Å². The molecule has 0 fully saturated rings. The number of nitrogens with zero attached hydrogens (tertiary/aromatic N) is 4. The summed E-state index contributed by atoms with van der Waals surface area (Å²) >= 11 is 0. The second kappa shape index (κ2) is 5.74. The molecule has 0 aliphatic carbocycles. The number of aromatic nitrogens is 3. The SMILES string of the molecule is COc1nc(-c2ccnc(N(C)C)c2)nc(F)c1C(F)(F)F. The zero-order valence-corrected chi connectivity index (χ0v) is 11.9. The van der Waals surface area contributed by atoms with E-state index in [1.807, 2.05) is 0 Å². The minimum absolute atomic E-state index is 0.215. The summed E-state index contributed by atoms with van der Waals surface area (Å²) in [7, 11) is 4.46. The number of hydrogen-bond acceptors (Lipinski definition) is 5. The molecule has 0 aliphatic heterocycles. The van der Waals surface area contributed by atoms with Gasteiger partial charge in [-0.05, 0) is 12.1 Å². The van der Waals surface area contributed by atoms with E-state index >= 15 is 0 Å². The van der Waals surface area contributed by atoms with Crippen molar-refractivity contribution in [1.29, 1.82) is 0 Å². The van der Waals surface area contributed by atoms with E-state index in [-0.39, 0.29) is 5.82 Å². The van der Waals surface area contributed by atoms with Gasteiger partial charge in [0.2, 0.25) is 11.8 Å². The van der Waals surface area contributed by atoms with Gasteiger partial charge in [0.25, 0.3) is 0 Å². The molecule has 5 nitrogen and oxygen atoms in total. The average molecular weight is 316 g/mol. The molecule has 0 aliphatic rings. The van der Waals surface area contributed by atoms with Gasteiger partial charge in [-0.25, -0.2) is 4.98 Å². The highest BCUT2D eigenvalue weighted by Crippen LogP contribution is 2.37. The quantitative estimate of drug-likeness (QED) is 0.644. The molecule has 2 heterocycles. The highest BCUT2D eigenvalue weighted by atomic mass is 19.4. The lowest BCUT2D eigenvalue weighted by atomic mass is 10.2. The van der Waals surface area contributed by atoms with Crippen molar-refractivity contribution in [2.45, 2.75) is 6.18 Å². The lowest BCUT2D eigenvalue weighted by molar-refractivity contribution is -0.142. The van der Waals surface area contributed by atoms with Gasteiger partial charge in [-0.1, -0.05) is 0 Å². The Bertz CT molecular complexity index is 688. The normalized spacial score (nSPS) is 11.4. The Morgan fingerprint density at radius 1 is 1.18 bits per heavy atom. The maximum Gasteiger partial charge on any atom is 0.426 e. The van der Waals surface area contributed by atoms with Crippen molar-refractivity contribution in [3.05, 3.63) is 29.8 Å². The highest BCUT2D eigenvalue weighted by Gasteiger charge is 2.40. The van der Waals surface area contributed by atoms with Crippen LogP contribution in [0.2, 0.25) is 0 Å². The van der Waals surface area contributed by atoms with Crippen molar-refractivity contribution in [1.82, 2.24) is 15.0 Å². The van der Waals surface area contributed by atoms with Gasteiger partial charge in [0.05, 0.1) is 7.11 Å². The van der Waals surface area contributed by atoms with Crippen LogP contribution in [0.15, 0.2) is 18.3 Å². The molecule has 0 bridgehead atoms. The molecular weight excluding hydrogens is 304 g/mol. The van der Waals surface area contributed by atoms with E-state index < -0.39 is 23.6 Å². The van der Waals surface area contributed by atoms with Crippen LogP contribution in [0.1, 0.15) is 5.56 Å². The Labute approximate surface area is 123 Å². The van der Waals surface area contributed by atoms with Crippen molar-refractivity contribution >= 4 is 5.82 Å². The lowest BCUT2D eigenvalue weighted by Gasteiger charge is -2.14. The smallest absolute Gasteiger partial charge is 0.426 e. The first-order chi connectivity index (χ1) is 10.2. The maximum atomic E-state index is 13.8. The van der Waals surface area contributed by atoms with Crippen LogP contribution in [0.4, 0.5) is 23.4 Å². The topological polar surface area (TPSA) is 51.1 Å². The van der Waals surface area contributed by atoms with E-state index in [1.54, 1.807) is 19.0 Å². The number of pyridine rings is 1. The first-order valence-electron chi connectivity index (χ1n) is 6.06. The number of ether oxygens (including phenoxy) is 1. The third-order valence-electron chi connectivity index (χ3n) is 2.77. The third-order valence-corrected chi connectivity index (χ3v) is 2.77. The van der Waals surface area contributed by atoms with Gasteiger partial charge in [-0.15, -0.1) is 0 Å². The van der Waals surface area contributed by atoms with Crippen molar-refractivity contribution < 1.29 is 22.3 Å². The van der Waals surface area contributed by atoms with Gasteiger partial charge >= 0.3 is 6.18 Å². The first-order valence-corrected chi connectivity index (χ1v) is 6.06. The summed E-state index contributed by atoms with van der Waals surface area (Å²) in [6.45, 7) is 0. The summed E-state index contributed by atoms with van der Waals surface area (Å²) in [5.74, 6) is -2.23. The summed E-state index contributed by atoms with van der Waals surface area (Å²) in [5, 5.41) is 0. The van der Waals surface area contributed by atoms with Crippen LogP contribution < -0.4 is 9.64 Å². The summed E-state index contributed by atoms with van der Waals surface area (Å²) < 4.78 is 56.7. The van der Waals surface area contributed by atoms with Crippen molar-refractivity contribution in [3.8, 4) is 17.3 Å². The van der Waals surface area contributed by atoms with Gasteiger partial charge < -0.3 is 9.64 Å². The third kappa shape index (κ3) is 3.07. The molecular formula is C13H12F4N4O.